The lowest BCUT2D eigenvalue weighted by molar-refractivity contribution is -0.252. The lowest BCUT2D eigenvalue weighted by Crippen LogP contribution is -2.32. The average Bonchev–Trinajstić information content (AvgIpc) is 2.73. The number of aryl methyl sites for hydroxylation is 1. The highest BCUT2D eigenvalue weighted by Gasteiger charge is 2.31. The predicted octanol–water partition coefficient (Wildman–Crippen LogP) is 5.96. The summed E-state index contributed by atoms with van der Waals surface area (Å²) in [6.07, 6.45) is 10.2. The Morgan fingerprint density at radius 1 is 0.968 bits per heavy atom. The monoisotopic (exact) mass is 430 g/mol. The first kappa shape index (κ1) is 24.5. The third kappa shape index (κ3) is 8.48. The maximum Gasteiger partial charge on any atom is 0.385 e. The Bertz CT molecular complexity index is 770. The molecular formula is C25H34O6. The largest absolute Gasteiger partial charge is 0.458 e. The molecule has 1 heterocycles. The van der Waals surface area contributed by atoms with Gasteiger partial charge in [-0.25, -0.2) is 19.4 Å². The molecule has 0 bridgehead atoms. The molecule has 1 aromatic carbocycles. The fourth-order valence-corrected chi connectivity index (χ4v) is 3.10. The molecule has 1 fully saturated rings. The molecule has 170 valence electrons. The van der Waals surface area contributed by atoms with Crippen LogP contribution in [0, 0.1) is 0 Å². The van der Waals surface area contributed by atoms with Gasteiger partial charge in [-0.05, 0) is 44.4 Å². The van der Waals surface area contributed by atoms with Crippen molar-refractivity contribution in [1.29, 1.82) is 0 Å². The van der Waals surface area contributed by atoms with Crippen molar-refractivity contribution in [3.05, 3.63) is 53.3 Å². The molecule has 0 aromatic heterocycles. The van der Waals surface area contributed by atoms with Crippen LogP contribution in [0.4, 0.5) is 0 Å². The lowest BCUT2D eigenvalue weighted by atomic mass is 10.0. The quantitative estimate of drug-likeness (QED) is 0.176. The topological polar surface area (TPSA) is 71.1 Å². The van der Waals surface area contributed by atoms with Crippen molar-refractivity contribution in [2.45, 2.75) is 84.8 Å². The second-order valence-corrected chi connectivity index (χ2v) is 7.95. The Hall–Kier alpha value is -2.76. The minimum atomic E-state index is -0.794. The van der Waals surface area contributed by atoms with E-state index in [1.807, 2.05) is 12.1 Å². The van der Waals surface area contributed by atoms with Crippen LogP contribution < -0.4 is 4.74 Å². The number of hydrogen-bond donors (Lipinski definition) is 0. The van der Waals surface area contributed by atoms with Crippen molar-refractivity contribution >= 4 is 11.9 Å². The number of carbonyl (C=O) groups is 2. The van der Waals surface area contributed by atoms with Crippen LogP contribution in [0.1, 0.15) is 77.7 Å². The molecule has 0 aliphatic carbocycles. The number of benzene rings is 1. The van der Waals surface area contributed by atoms with Gasteiger partial charge in [-0.15, -0.1) is 0 Å². The van der Waals surface area contributed by atoms with E-state index in [1.165, 1.54) is 57.4 Å². The van der Waals surface area contributed by atoms with Crippen molar-refractivity contribution in [3.8, 4) is 5.75 Å². The maximum atomic E-state index is 11.9. The molecule has 0 N–H and O–H groups in total. The summed E-state index contributed by atoms with van der Waals surface area (Å²) in [7, 11) is 0. The molecule has 0 spiro atoms. The average molecular weight is 431 g/mol. The summed E-state index contributed by atoms with van der Waals surface area (Å²) < 4.78 is 11.3. The van der Waals surface area contributed by atoms with E-state index < -0.39 is 18.2 Å². The first-order chi connectivity index (χ1) is 14.9. The van der Waals surface area contributed by atoms with Crippen molar-refractivity contribution < 1.29 is 28.8 Å². The molecule has 2 rings (SSSR count). The van der Waals surface area contributed by atoms with E-state index in [0.717, 1.165) is 12.2 Å². The van der Waals surface area contributed by atoms with Gasteiger partial charge in [-0.3, -0.25) is 0 Å². The normalized spacial score (nSPS) is 16.5. The molecule has 1 aliphatic rings. The Morgan fingerprint density at radius 2 is 1.55 bits per heavy atom. The number of ether oxygens (including phenoxy) is 2. The van der Waals surface area contributed by atoms with E-state index >= 15 is 0 Å². The molecular weight excluding hydrogens is 396 g/mol. The zero-order valence-corrected chi connectivity index (χ0v) is 18.9. The van der Waals surface area contributed by atoms with Gasteiger partial charge >= 0.3 is 11.9 Å². The number of hydrogen-bond acceptors (Lipinski definition) is 6. The molecule has 1 aliphatic heterocycles. The fraction of sp³-hybridized carbons (Fsp3) is 0.520. The van der Waals surface area contributed by atoms with Crippen LogP contribution in [0.15, 0.2) is 47.7 Å². The zero-order chi connectivity index (χ0) is 22.6. The summed E-state index contributed by atoms with van der Waals surface area (Å²) >= 11 is 0. The van der Waals surface area contributed by atoms with Gasteiger partial charge in [-0.2, -0.15) is 0 Å². The zero-order valence-electron chi connectivity index (χ0n) is 18.9. The van der Waals surface area contributed by atoms with E-state index in [4.69, 9.17) is 9.47 Å². The highest BCUT2D eigenvalue weighted by atomic mass is 17.2. The minimum Gasteiger partial charge on any atom is -0.458 e. The third-order valence-corrected chi connectivity index (χ3v) is 5.15. The Morgan fingerprint density at radius 3 is 2.16 bits per heavy atom. The summed E-state index contributed by atoms with van der Waals surface area (Å²) in [5.74, 6) is -0.394. The highest BCUT2D eigenvalue weighted by molar-refractivity contribution is 5.90. The van der Waals surface area contributed by atoms with Gasteiger partial charge in [0.05, 0.1) is 12.0 Å². The summed E-state index contributed by atoms with van der Waals surface area (Å²) in [5.41, 5.74) is 1.68. The Balaban J connectivity index is 1.67. The summed E-state index contributed by atoms with van der Waals surface area (Å²) in [5, 5.41) is 0. The highest BCUT2D eigenvalue weighted by Crippen LogP contribution is 2.30. The molecule has 0 amide bonds. The van der Waals surface area contributed by atoms with Crippen LogP contribution in [0.3, 0.4) is 0 Å². The molecule has 31 heavy (non-hydrogen) atoms. The first-order valence-corrected chi connectivity index (χ1v) is 11.1. The van der Waals surface area contributed by atoms with Crippen LogP contribution in [-0.4, -0.2) is 18.2 Å². The van der Waals surface area contributed by atoms with Gasteiger partial charge < -0.3 is 9.47 Å². The van der Waals surface area contributed by atoms with E-state index in [2.05, 4.69) is 35.4 Å². The number of unbranched alkanes of at least 4 members (excludes halogenated alkanes) is 6. The number of rotatable bonds is 12. The molecule has 6 nitrogen and oxygen atoms in total. The van der Waals surface area contributed by atoms with Gasteiger partial charge in [0.2, 0.25) is 6.29 Å². The summed E-state index contributed by atoms with van der Waals surface area (Å²) in [6.45, 7) is 8.65. The molecule has 1 saturated heterocycles. The Kier molecular flexibility index (Phi) is 10.1. The minimum absolute atomic E-state index is 0.139. The fourth-order valence-electron chi connectivity index (χ4n) is 3.10. The van der Waals surface area contributed by atoms with Crippen LogP contribution in [0.25, 0.3) is 0 Å². The van der Waals surface area contributed by atoms with Crippen LogP contribution in [0.2, 0.25) is 0 Å². The van der Waals surface area contributed by atoms with Gasteiger partial charge in [-0.1, -0.05) is 64.2 Å². The summed E-state index contributed by atoms with van der Waals surface area (Å²) in [4.78, 5) is 32.0. The van der Waals surface area contributed by atoms with Gasteiger partial charge in [0.1, 0.15) is 11.5 Å². The van der Waals surface area contributed by atoms with Gasteiger partial charge in [0.25, 0.3) is 0 Å². The van der Waals surface area contributed by atoms with Crippen LogP contribution >= 0.6 is 0 Å². The van der Waals surface area contributed by atoms with Crippen molar-refractivity contribution in [2.75, 3.05) is 0 Å². The van der Waals surface area contributed by atoms with Crippen LogP contribution in [-0.2, 0) is 30.5 Å². The summed E-state index contributed by atoms with van der Waals surface area (Å²) in [6, 6.07) is 8.06. The molecule has 6 heteroatoms. The number of carbonyl (C=O) groups excluding carboxylic acids is 2. The van der Waals surface area contributed by atoms with E-state index in [-0.39, 0.29) is 11.1 Å². The van der Waals surface area contributed by atoms with Crippen LogP contribution in [0.5, 0.6) is 5.75 Å². The lowest BCUT2D eigenvalue weighted by Gasteiger charge is -2.31. The first-order valence-electron chi connectivity index (χ1n) is 11.1. The van der Waals surface area contributed by atoms with Gasteiger partial charge in [0, 0.05) is 5.57 Å². The van der Waals surface area contributed by atoms with E-state index in [0.29, 0.717) is 12.2 Å². The molecule has 0 saturated carbocycles. The molecule has 0 radical (unpaired) electrons. The predicted molar refractivity (Wildman–Crippen MR) is 118 cm³/mol. The van der Waals surface area contributed by atoms with Crippen molar-refractivity contribution in [1.82, 2.24) is 0 Å². The molecule has 1 atom stereocenters. The smallest absolute Gasteiger partial charge is 0.385 e. The van der Waals surface area contributed by atoms with E-state index in [9.17, 15) is 9.59 Å². The molecule has 1 aromatic rings. The third-order valence-electron chi connectivity index (χ3n) is 5.15. The second kappa shape index (κ2) is 12.8. The second-order valence-electron chi connectivity index (χ2n) is 7.95. The van der Waals surface area contributed by atoms with Crippen molar-refractivity contribution in [3.63, 3.8) is 0 Å². The van der Waals surface area contributed by atoms with Gasteiger partial charge in [0.15, 0.2) is 0 Å². The van der Waals surface area contributed by atoms with Crippen molar-refractivity contribution in [2.24, 2.45) is 0 Å². The Labute approximate surface area is 185 Å². The standard InChI is InChI=1S/C25H34O6/c1-5-6-7-8-9-10-11-12-20-13-15-21(16-14-20)28-23-17-22(29-23)19(4)25(27)31-30-24(26)18(2)3/h13-16,23H,2,5-12,17H2,1,3-4H3/b22-19+. The SMILES string of the molecule is C=C(C)C(=O)OOC(=O)/C(C)=C1\CC(Oc2ccc(CCCCCCCCC)cc2)O1. The maximum absolute atomic E-state index is 11.9. The molecule has 1 unspecified atom stereocenters. The van der Waals surface area contributed by atoms with E-state index in [1.54, 1.807) is 6.92 Å².